The summed E-state index contributed by atoms with van der Waals surface area (Å²) in [5, 5.41) is 19.5. The van der Waals surface area contributed by atoms with Gasteiger partial charge in [-0.2, -0.15) is 15.3 Å². The number of anilines is 1. The van der Waals surface area contributed by atoms with E-state index < -0.39 is 12.1 Å². The minimum Gasteiger partial charge on any atom is -0.479 e. The Labute approximate surface area is 224 Å². The zero-order chi connectivity index (χ0) is 27.1. The van der Waals surface area contributed by atoms with Gasteiger partial charge in [-0.05, 0) is 30.0 Å². The van der Waals surface area contributed by atoms with Crippen LogP contribution in [0.25, 0.3) is 5.69 Å². The van der Waals surface area contributed by atoms with Gasteiger partial charge in [0.25, 0.3) is 5.91 Å². The first-order chi connectivity index (χ1) is 18.3. The fourth-order valence-electron chi connectivity index (χ4n) is 5.15. The molecule has 2 aliphatic heterocycles. The van der Waals surface area contributed by atoms with Crippen LogP contribution in [-0.2, 0) is 4.79 Å². The molecule has 0 radical (unpaired) electrons. The molecule has 0 spiro atoms. The van der Waals surface area contributed by atoms with Crippen LogP contribution >= 0.6 is 11.6 Å². The smallest absolute Gasteiger partial charge is 0.276 e. The first kappa shape index (κ1) is 25.5. The number of hydrogen-bond acceptors (Lipinski definition) is 8. The highest BCUT2D eigenvalue weighted by atomic mass is 35.5. The second-order valence-corrected chi connectivity index (χ2v) is 10.1. The van der Waals surface area contributed by atoms with Crippen LogP contribution in [0.3, 0.4) is 0 Å². The summed E-state index contributed by atoms with van der Waals surface area (Å²) < 4.78 is 7.20. The lowest BCUT2D eigenvalue weighted by molar-refractivity contribution is -0.127. The molecule has 3 atom stereocenters. The molecule has 0 saturated carbocycles. The number of amides is 2. The summed E-state index contributed by atoms with van der Waals surface area (Å²) in [6.07, 6.45) is 1.91. The molecular formula is C26H27ClN8O3. The maximum Gasteiger partial charge on any atom is 0.276 e. The monoisotopic (exact) mass is 534 g/mol. The normalized spacial score (nSPS) is 20.8. The van der Waals surface area contributed by atoms with Crippen molar-refractivity contribution in [3.05, 3.63) is 58.5 Å². The predicted molar refractivity (Wildman–Crippen MR) is 140 cm³/mol. The standard InChI is InChI=1S/C26H27ClN8O3/c1-13(2)21-19-20(33-35(21)18-12-31-26(29-3)32-24(18)38-4)25(37)34(17-9-16(27)11-30-23(17)36)22(19)15-7-5-14(10-28)6-8-15/h5-8,12-13,16-17,22H,9,11H2,1-4H3,(H,30,36)(H,29,31,32). The van der Waals surface area contributed by atoms with Crippen LogP contribution in [0.5, 0.6) is 5.88 Å². The van der Waals surface area contributed by atoms with Gasteiger partial charge in [0.1, 0.15) is 11.7 Å². The van der Waals surface area contributed by atoms with E-state index in [0.717, 1.165) is 11.3 Å². The molecule has 5 rings (SSSR count). The number of fused-ring (bicyclic) bond motifs is 1. The minimum atomic E-state index is -0.769. The van der Waals surface area contributed by atoms with Gasteiger partial charge in [0.2, 0.25) is 17.7 Å². The number of ether oxygens (including phenoxy) is 1. The van der Waals surface area contributed by atoms with Gasteiger partial charge < -0.3 is 20.3 Å². The van der Waals surface area contributed by atoms with Crippen molar-refractivity contribution in [1.82, 2.24) is 30.0 Å². The van der Waals surface area contributed by atoms with E-state index in [1.54, 1.807) is 35.0 Å². The summed E-state index contributed by atoms with van der Waals surface area (Å²) in [7, 11) is 3.22. The second kappa shape index (κ2) is 9.95. The molecule has 11 nitrogen and oxygen atoms in total. The number of hydrogen-bond donors (Lipinski definition) is 2. The molecule has 3 unspecified atom stereocenters. The Hall–Kier alpha value is -4.17. The zero-order valence-electron chi connectivity index (χ0n) is 21.4. The predicted octanol–water partition coefficient (Wildman–Crippen LogP) is 2.75. The van der Waals surface area contributed by atoms with E-state index in [0.29, 0.717) is 41.6 Å². The minimum absolute atomic E-state index is 0.0745. The van der Waals surface area contributed by atoms with Gasteiger partial charge in [-0.15, -0.1) is 11.6 Å². The topological polar surface area (TPSA) is 138 Å². The summed E-state index contributed by atoms with van der Waals surface area (Å²) in [5.74, 6) is -0.0192. The third kappa shape index (κ3) is 4.11. The van der Waals surface area contributed by atoms with Crippen molar-refractivity contribution in [1.29, 1.82) is 5.26 Å². The number of carbonyl (C=O) groups excluding carboxylic acids is 2. The van der Waals surface area contributed by atoms with Crippen molar-refractivity contribution in [2.45, 2.75) is 43.6 Å². The molecule has 1 fully saturated rings. The molecule has 4 heterocycles. The number of piperidine rings is 1. The Morgan fingerprint density at radius 3 is 2.63 bits per heavy atom. The lowest BCUT2D eigenvalue weighted by Gasteiger charge is -2.37. The van der Waals surface area contributed by atoms with Gasteiger partial charge in [-0.1, -0.05) is 26.0 Å². The van der Waals surface area contributed by atoms with Crippen LogP contribution in [0.2, 0.25) is 0 Å². The Morgan fingerprint density at radius 1 is 1.26 bits per heavy atom. The fourth-order valence-corrected chi connectivity index (χ4v) is 5.40. The average molecular weight is 535 g/mol. The number of halogens is 1. The van der Waals surface area contributed by atoms with E-state index >= 15 is 0 Å². The van der Waals surface area contributed by atoms with Gasteiger partial charge in [0, 0.05) is 19.2 Å². The summed E-state index contributed by atoms with van der Waals surface area (Å²) in [5.41, 5.74) is 3.44. The van der Waals surface area contributed by atoms with Crippen LogP contribution in [-0.4, -0.2) is 68.6 Å². The lowest BCUT2D eigenvalue weighted by Crippen LogP contribution is -2.55. The fraction of sp³-hybridized carbons (Fsp3) is 0.385. The van der Waals surface area contributed by atoms with Crippen molar-refractivity contribution in [2.75, 3.05) is 26.0 Å². The number of carbonyl (C=O) groups is 2. The number of nitrogens with zero attached hydrogens (tertiary/aromatic N) is 6. The molecule has 2 N–H and O–H groups in total. The highest BCUT2D eigenvalue weighted by Crippen LogP contribution is 2.45. The SMILES string of the molecule is CNc1ncc(-n2nc3c(c2C(C)C)C(c2ccc(C#N)cc2)N(C2CC(Cl)CNC2=O)C3=O)c(OC)n1. The van der Waals surface area contributed by atoms with E-state index in [-0.39, 0.29) is 28.8 Å². The van der Waals surface area contributed by atoms with Gasteiger partial charge in [-0.3, -0.25) is 9.59 Å². The molecule has 0 bridgehead atoms. The maximum absolute atomic E-state index is 14.0. The number of benzene rings is 1. The largest absolute Gasteiger partial charge is 0.479 e. The van der Waals surface area contributed by atoms with Crippen molar-refractivity contribution in [3.63, 3.8) is 0 Å². The van der Waals surface area contributed by atoms with Crippen LogP contribution < -0.4 is 15.4 Å². The first-order valence-electron chi connectivity index (χ1n) is 12.3. The molecule has 2 aliphatic rings. The number of rotatable bonds is 6. The highest BCUT2D eigenvalue weighted by molar-refractivity contribution is 6.21. The molecule has 3 aromatic rings. The van der Waals surface area contributed by atoms with E-state index in [1.807, 2.05) is 26.0 Å². The first-order valence-corrected chi connectivity index (χ1v) is 12.7. The Balaban J connectivity index is 1.73. The molecule has 38 heavy (non-hydrogen) atoms. The van der Waals surface area contributed by atoms with Gasteiger partial charge in [0.05, 0.1) is 42.1 Å². The molecule has 0 aliphatic carbocycles. The number of nitrogens with one attached hydrogen (secondary N) is 2. The van der Waals surface area contributed by atoms with Crippen molar-refractivity contribution in [3.8, 4) is 17.6 Å². The van der Waals surface area contributed by atoms with Crippen LogP contribution in [0.15, 0.2) is 30.5 Å². The summed E-state index contributed by atoms with van der Waals surface area (Å²) >= 11 is 6.43. The molecule has 196 valence electrons. The zero-order valence-corrected chi connectivity index (χ0v) is 22.2. The average Bonchev–Trinajstić information content (AvgIpc) is 3.44. The number of methoxy groups -OCH3 is 1. The van der Waals surface area contributed by atoms with E-state index in [2.05, 4.69) is 26.7 Å². The van der Waals surface area contributed by atoms with Crippen molar-refractivity contribution >= 4 is 29.4 Å². The summed E-state index contributed by atoms with van der Waals surface area (Å²) in [4.78, 5) is 37.3. The molecule has 2 aromatic heterocycles. The molecule has 2 amide bonds. The lowest BCUT2D eigenvalue weighted by atomic mass is 9.92. The maximum atomic E-state index is 14.0. The Morgan fingerprint density at radius 2 is 2.00 bits per heavy atom. The van der Waals surface area contributed by atoms with Crippen LogP contribution in [0.4, 0.5) is 5.95 Å². The molecular weight excluding hydrogens is 508 g/mol. The van der Waals surface area contributed by atoms with Gasteiger partial charge in [0.15, 0.2) is 5.69 Å². The van der Waals surface area contributed by atoms with E-state index in [9.17, 15) is 14.9 Å². The third-order valence-corrected chi connectivity index (χ3v) is 7.18. The van der Waals surface area contributed by atoms with Gasteiger partial charge >= 0.3 is 0 Å². The van der Waals surface area contributed by atoms with Crippen molar-refractivity contribution < 1.29 is 14.3 Å². The molecule has 12 heteroatoms. The summed E-state index contributed by atoms with van der Waals surface area (Å²) in [6.45, 7) is 4.36. The molecule has 1 aromatic carbocycles. The number of alkyl halides is 1. The number of nitriles is 1. The third-order valence-electron chi connectivity index (χ3n) is 6.85. The highest BCUT2D eigenvalue weighted by Gasteiger charge is 2.49. The van der Waals surface area contributed by atoms with Crippen molar-refractivity contribution in [2.24, 2.45) is 0 Å². The van der Waals surface area contributed by atoms with Crippen LogP contribution in [0, 0.1) is 11.3 Å². The van der Waals surface area contributed by atoms with E-state index in [1.165, 1.54) is 7.11 Å². The Bertz CT molecular complexity index is 1450. The number of aromatic nitrogens is 4. The van der Waals surface area contributed by atoms with Gasteiger partial charge in [-0.25, -0.2) is 9.67 Å². The Kier molecular flexibility index (Phi) is 6.67. The molecule has 1 saturated heterocycles. The second-order valence-electron chi connectivity index (χ2n) is 9.49. The quantitative estimate of drug-likeness (QED) is 0.460. The van der Waals surface area contributed by atoms with E-state index in [4.69, 9.17) is 21.4 Å². The van der Waals surface area contributed by atoms with Crippen LogP contribution in [0.1, 0.15) is 65.1 Å². The summed E-state index contributed by atoms with van der Waals surface area (Å²) in [6, 6.07) is 7.77.